The molecule has 10 heteroatoms. The zero-order valence-electron chi connectivity index (χ0n) is 15.5. The van der Waals surface area contributed by atoms with Gasteiger partial charge in [-0.15, -0.1) is 11.8 Å². The van der Waals surface area contributed by atoms with Crippen LogP contribution in [0.25, 0.3) is 0 Å². The molecule has 0 saturated heterocycles. The number of hydrogen-bond acceptors (Lipinski definition) is 5. The van der Waals surface area contributed by atoms with Gasteiger partial charge in [0.15, 0.2) is 9.84 Å². The first-order chi connectivity index (χ1) is 14.2. The van der Waals surface area contributed by atoms with Crippen molar-refractivity contribution in [2.24, 2.45) is 0 Å². The first kappa shape index (κ1) is 23.0. The molecule has 0 unspecified atom stereocenters. The minimum Gasteiger partial charge on any atom is -0.278 e. The molecule has 0 bridgehead atoms. The topological polar surface area (TPSA) is 80.3 Å². The van der Waals surface area contributed by atoms with Crippen molar-refractivity contribution in [3.05, 3.63) is 82.8 Å². The van der Waals surface area contributed by atoms with Crippen LogP contribution in [0.1, 0.15) is 0 Å². The van der Waals surface area contributed by atoms with Gasteiger partial charge in [-0.3, -0.25) is 4.72 Å². The number of para-hydroxylation sites is 1. The molecule has 0 aliphatic carbocycles. The Bertz CT molecular complexity index is 1230. The second kappa shape index (κ2) is 9.62. The molecule has 158 valence electrons. The predicted octanol–water partition coefficient (Wildman–Crippen LogP) is 5.36. The van der Waals surface area contributed by atoms with Crippen LogP contribution in [-0.4, -0.2) is 28.3 Å². The number of hydrogen-bond donors (Lipinski definition) is 1. The highest BCUT2D eigenvalue weighted by atomic mass is 35.5. The Morgan fingerprint density at radius 1 is 0.733 bits per heavy atom. The summed E-state index contributed by atoms with van der Waals surface area (Å²) in [5.41, 5.74) is 0.376. The zero-order valence-corrected chi connectivity index (χ0v) is 19.4. The molecule has 0 fully saturated rings. The van der Waals surface area contributed by atoms with Crippen LogP contribution in [0.5, 0.6) is 0 Å². The third kappa shape index (κ3) is 5.92. The molecule has 0 atom stereocenters. The van der Waals surface area contributed by atoms with Crippen LogP contribution >= 0.6 is 35.0 Å². The fraction of sp³-hybridized carbons (Fsp3) is 0.100. The van der Waals surface area contributed by atoms with Gasteiger partial charge in [0.2, 0.25) is 0 Å². The van der Waals surface area contributed by atoms with Crippen molar-refractivity contribution in [1.82, 2.24) is 0 Å². The van der Waals surface area contributed by atoms with Gasteiger partial charge >= 0.3 is 0 Å². The predicted molar refractivity (Wildman–Crippen MR) is 123 cm³/mol. The van der Waals surface area contributed by atoms with E-state index < -0.39 is 19.9 Å². The molecule has 0 heterocycles. The largest absolute Gasteiger partial charge is 0.278 e. The number of halogens is 2. The van der Waals surface area contributed by atoms with Crippen LogP contribution in [0.15, 0.2) is 87.5 Å². The van der Waals surface area contributed by atoms with E-state index in [1.807, 2.05) is 0 Å². The Balaban J connectivity index is 1.71. The Kier molecular flexibility index (Phi) is 7.36. The van der Waals surface area contributed by atoms with Gasteiger partial charge in [0, 0.05) is 20.7 Å². The van der Waals surface area contributed by atoms with E-state index in [4.69, 9.17) is 23.2 Å². The summed E-state index contributed by atoms with van der Waals surface area (Å²) in [4.78, 5) is 0.905. The zero-order chi connectivity index (χ0) is 21.8. The van der Waals surface area contributed by atoms with E-state index in [1.165, 1.54) is 60.3 Å². The van der Waals surface area contributed by atoms with Crippen molar-refractivity contribution in [2.45, 2.75) is 14.7 Å². The Labute approximate surface area is 190 Å². The fourth-order valence-electron chi connectivity index (χ4n) is 2.52. The van der Waals surface area contributed by atoms with Crippen LogP contribution in [0.3, 0.4) is 0 Å². The quantitative estimate of drug-likeness (QED) is 0.420. The number of anilines is 1. The van der Waals surface area contributed by atoms with Crippen LogP contribution in [0.2, 0.25) is 10.0 Å². The van der Waals surface area contributed by atoms with Crippen molar-refractivity contribution < 1.29 is 16.8 Å². The van der Waals surface area contributed by atoms with E-state index in [0.717, 1.165) is 0 Å². The van der Waals surface area contributed by atoms with Gasteiger partial charge in [-0.05, 0) is 60.7 Å². The summed E-state index contributed by atoms with van der Waals surface area (Å²) in [5, 5.41) is 0.900. The lowest BCUT2D eigenvalue weighted by molar-refractivity contribution is 0.597. The summed E-state index contributed by atoms with van der Waals surface area (Å²) in [6, 6.07) is 18.7. The van der Waals surface area contributed by atoms with Gasteiger partial charge in [0.25, 0.3) is 10.0 Å². The summed E-state index contributed by atoms with van der Waals surface area (Å²) >= 11 is 12.9. The minimum atomic E-state index is -3.81. The fourth-order valence-corrected chi connectivity index (χ4v) is 6.58. The Morgan fingerprint density at radius 3 is 1.87 bits per heavy atom. The molecule has 3 aromatic rings. The maximum atomic E-state index is 12.6. The lowest BCUT2D eigenvalue weighted by atomic mass is 10.3. The van der Waals surface area contributed by atoms with Gasteiger partial charge in [0.05, 0.1) is 21.2 Å². The molecule has 1 N–H and O–H groups in total. The monoisotopic (exact) mass is 501 g/mol. The number of sulfonamides is 1. The van der Waals surface area contributed by atoms with E-state index >= 15 is 0 Å². The smallest absolute Gasteiger partial charge is 0.261 e. The molecular weight excluding hydrogens is 485 g/mol. The average molecular weight is 502 g/mol. The van der Waals surface area contributed by atoms with Gasteiger partial charge in [-0.1, -0.05) is 35.3 Å². The standard InChI is InChI=1S/C20H17Cl2NO4S3/c21-15-5-9-17(10-6-15)29(24,25)14-13-28-20-4-2-1-3-19(20)23-30(26,27)18-11-7-16(22)8-12-18/h1-12,23H,13-14H2. The SMILES string of the molecule is O=S(=O)(CCSc1ccccc1NS(=O)(=O)c1ccc(Cl)cc1)c1ccc(Cl)cc1. The van der Waals surface area contributed by atoms with Crippen molar-refractivity contribution in [1.29, 1.82) is 0 Å². The summed E-state index contributed by atoms with van der Waals surface area (Å²) in [7, 11) is -7.28. The molecule has 0 spiro atoms. The number of rotatable bonds is 8. The molecule has 0 amide bonds. The third-order valence-electron chi connectivity index (χ3n) is 4.04. The average Bonchev–Trinajstić information content (AvgIpc) is 2.69. The maximum absolute atomic E-state index is 12.6. The van der Waals surface area contributed by atoms with E-state index in [9.17, 15) is 16.8 Å². The molecule has 30 heavy (non-hydrogen) atoms. The molecule has 5 nitrogen and oxygen atoms in total. The van der Waals surface area contributed by atoms with Gasteiger partial charge in [-0.25, -0.2) is 16.8 Å². The van der Waals surface area contributed by atoms with Crippen molar-refractivity contribution in [3.8, 4) is 0 Å². The summed E-state index contributed by atoms with van der Waals surface area (Å²) in [5.74, 6) is 0.155. The van der Waals surface area contributed by atoms with E-state index in [0.29, 0.717) is 20.6 Å². The molecule has 3 rings (SSSR count). The number of thioether (sulfide) groups is 1. The molecule has 0 aromatic heterocycles. The van der Waals surface area contributed by atoms with E-state index in [2.05, 4.69) is 4.72 Å². The molecule has 0 radical (unpaired) electrons. The summed E-state index contributed by atoms with van der Waals surface area (Å²) in [6.45, 7) is 0. The van der Waals surface area contributed by atoms with Crippen molar-refractivity contribution in [3.63, 3.8) is 0 Å². The minimum absolute atomic E-state index is 0.0806. The maximum Gasteiger partial charge on any atom is 0.261 e. The lowest BCUT2D eigenvalue weighted by Gasteiger charge is -2.12. The first-order valence-corrected chi connectivity index (χ1v) is 13.5. The first-order valence-electron chi connectivity index (χ1n) is 8.66. The molecule has 0 saturated carbocycles. The van der Waals surface area contributed by atoms with Gasteiger partial charge in [-0.2, -0.15) is 0 Å². The van der Waals surface area contributed by atoms with Crippen LogP contribution in [-0.2, 0) is 19.9 Å². The van der Waals surface area contributed by atoms with Crippen LogP contribution < -0.4 is 4.72 Å². The van der Waals surface area contributed by atoms with Crippen LogP contribution in [0.4, 0.5) is 5.69 Å². The van der Waals surface area contributed by atoms with Crippen LogP contribution in [0, 0.1) is 0 Å². The Morgan fingerprint density at radius 2 is 1.27 bits per heavy atom. The van der Waals surface area contributed by atoms with Crippen molar-refractivity contribution in [2.75, 3.05) is 16.2 Å². The molecule has 3 aromatic carbocycles. The number of benzene rings is 3. The lowest BCUT2D eigenvalue weighted by Crippen LogP contribution is -2.13. The number of nitrogens with one attached hydrogen (secondary N) is 1. The number of sulfone groups is 1. The highest BCUT2D eigenvalue weighted by Crippen LogP contribution is 2.30. The molecule has 0 aliphatic heterocycles. The summed E-state index contributed by atoms with van der Waals surface area (Å²) < 4.78 is 52.8. The Hall–Kier alpha value is -1.71. The normalized spacial score (nSPS) is 11.9. The highest BCUT2D eigenvalue weighted by molar-refractivity contribution is 8.01. The second-order valence-corrected chi connectivity index (χ2v) is 12.0. The second-order valence-electron chi connectivity index (χ2n) is 6.18. The third-order valence-corrected chi connectivity index (χ3v) is 8.99. The molecular formula is C20H17Cl2NO4S3. The van der Waals surface area contributed by atoms with Gasteiger partial charge < -0.3 is 0 Å². The molecule has 0 aliphatic rings. The highest BCUT2D eigenvalue weighted by Gasteiger charge is 2.18. The van der Waals surface area contributed by atoms with E-state index in [1.54, 1.807) is 24.3 Å². The van der Waals surface area contributed by atoms with Gasteiger partial charge in [0.1, 0.15) is 0 Å². The summed E-state index contributed by atoms with van der Waals surface area (Å²) in [6.07, 6.45) is 0. The van der Waals surface area contributed by atoms with E-state index in [-0.39, 0.29) is 21.3 Å². The van der Waals surface area contributed by atoms with Crippen molar-refractivity contribution >= 4 is 60.5 Å².